The number of halogens is 1. The Morgan fingerprint density at radius 3 is 2.85 bits per heavy atom. The van der Waals surface area contributed by atoms with Crippen molar-refractivity contribution in [1.82, 2.24) is 14.9 Å². The van der Waals surface area contributed by atoms with Gasteiger partial charge in [0, 0.05) is 17.8 Å². The second-order valence-corrected chi connectivity index (χ2v) is 7.62. The van der Waals surface area contributed by atoms with E-state index in [0.29, 0.717) is 23.1 Å². The molecule has 2 heterocycles. The fourth-order valence-corrected chi connectivity index (χ4v) is 4.01. The maximum Gasteiger partial charge on any atom is 0.240 e. The van der Waals surface area contributed by atoms with Crippen LogP contribution in [0.25, 0.3) is 11.4 Å². The van der Waals surface area contributed by atoms with Crippen LogP contribution in [0, 0.1) is 5.82 Å². The number of amides is 1. The van der Waals surface area contributed by atoms with Gasteiger partial charge in [-0.1, -0.05) is 42.1 Å². The van der Waals surface area contributed by atoms with E-state index in [1.165, 1.54) is 34.1 Å². The summed E-state index contributed by atoms with van der Waals surface area (Å²) in [6, 6.07) is 13.9. The number of para-hydroxylation sites is 1. The molecule has 0 saturated carbocycles. The summed E-state index contributed by atoms with van der Waals surface area (Å²) in [7, 11) is 0. The van der Waals surface area contributed by atoms with Gasteiger partial charge in [-0.25, -0.2) is 9.07 Å². The number of nitrogens with two attached hydrogens (primary N) is 1. The first kappa shape index (κ1) is 17.5. The molecule has 27 heavy (non-hydrogen) atoms. The standard InChI is InChI=1S/C19H18FN5OS/c1-12(18(26)24-10-9-13-5-2-3-8-16(13)24)27-19-23-22-17(25(19)21)14-6-4-7-15(20)11-14/h2-8,11-12H,9-10,21H2,1H3/t12-/m0/s1. The molecule has 0 spiro atoms. The molecule has 8 heteroatoms. The van der Waals surface area contributed by atoms with Crippen LogP contribution in [0.2, 0.25) is 0 Å². The van der Waals surface area contributed by atoms with Gasteiger partial charge in [0.05, 0.1) is 5.25 Å². The van der Waals surface area contributed by atoms with Crippen LogP contribution in [-0.2, 0) is 11.2 Å². The third-order valence-corrected chi connectivity index (χ3v) is 5.57. The zero-order valence-corrected chi connectivity index (χ0v) is 15.5. The Kier molecular flexibility index (Phi) is 4.57. The minimum atomic E-state index is -0.386. The van der Waals surface area contributed by atoms with Gasteiger partial charge in [0.2, 0.25) is 11.1 Å². The predicted octanol–water partition coefficient (Wildman–Crippen LogP) is 2.87. The molecule has 2 aromatic carbocycles. The number of rotatable bonds is 4. The number of nitrogens with zero attached hydrogens (tertiary/aromatic N) is 4. The summed E-state index contributed by atoms with van der Waals surface area (Å²) in [5.74, 6) is 6.06. The second kappa shape index (κ2) is 7.03. The van der Waals surface area contributed by atoms with Crippen molar-refractivity contribution in [3.8, 4) is 11.4 Å². The fourth-order valence-electron chi connectivity index (χ4n) is 3.18. The van der Waals surface area contributed by atoms with E-state index in [-0.39, 0.29) is 17.0 Å². The largest absolute Gasteiger partial charge is 0.335 e. The summed E-state index contributed by atoms with van der Waals surface area (Å²) in [6.45, 7) is 2.50. The van der Waals surface area contributed by atoms with Gasteiger partial charge in [-0.05, 0) is 37.1 Å². The monoisotopic (exact) mass is 383 g/mol. The Balaban J connectivity index is 1.52. The van der Waals surface area contributed by atoms with Crippen LogP contribution in [0.15, 0.2) is 53.7 Å². The van der Waals surface area contributed by atoms with Crippen LogP contribution in [0.5, 0.6) is 0 Å². The van der Waals surface area contributed by atoms with Gasteiger partial charge < -0.3 is 10.7 Å². The molecule has 0 unspecified atom stereocenters. The first-order valence-corrected chi connectivity index (χ1v) is 9.45. The van der Waals surface area contributed by atoms with Gasteiger partial charge in [0.15, 0.2) is 5.82 Å². The highest BCUT2D eigenvalue weighted by Gasteiger charge is 2.29. The fraction of sp³-hybridized carbons (Fsp3) is 0.211. The summed E-state index contributed by atoms with van der Waals surface area (Å²) in [5.41, 5.74) is 2.67. The van der Waals surface area contributed by atoms with E-state index in [1.807, 2.05) is 31.2 Å². The van der Waals surface area contributed by atoms with Crippen molar-refractivity contribution in [3.63, 3.8) is 0 Å². The molecule has 6 nitrogen and oxygen atoms in total. The van der Waals surface area contributed by atoms with Crippen molar-refractivity contribution >= 4 is 23.4 Å². The quantitative estimate of drug-likeness (QED) is 0.554. The molecule has 0 radical (unpaired) electrons. The topological polar surface area (TPSA) is 77.0 Å². The molecule has 1 aliphatic heterocycles. The number of fused-ring (bicyclic) bond motifs is 1. The summed E-state index contributed by atoms with van der Waals surface area (Å²) in [4.78, 5) is 14.7. The minimum Gasteiger partial charge on any atom is -0.335 e. The second-order valence-electron chi connectivity index (χ2n) is 6.32. The Morgan fingerprint density at radius 1 is 1.22 bits per heavy atom. The molecule has 138 valence electrons. The number of carbonyl (C=O) groups excluding carboxylic acids is 1. The predicted molar refractivity (Wildman–Crippen MR) is 103 cm³/mol. The van der Waals surface area contributed by atoms with E-state index in [0.717, 1.165) is 12.1 Å². The number of hydrogen-bond acceptors (Lipinski definition) is 5. The summed E-state index contributed by atoms with van der Waals surface area (Å²) in [5, 5.41) is 8.14. The lowest BCUT2D eigenvalue weighted by atomic mass is 10.2. The van der Waals surface area contributed by atoms with Crippen LogP contribution in [0.3, 0.4) is 0 Å². The van der Waals surface area contributed by atoms with E-state index in [9.17, 15) is 9.18 Å². The lowest BCUT2D eigenvalue weighted by molar-refractivity contribution is -0.117. The first-order chi connectivity index (χ1) is 13.0. The number of thioether (sulfide) groups is 1. The van der Waals surface area contributed by atoms with Crippen molar-refractivity contribution in [3.05, 3.63) is 59.9 Å². The van der Waals surface area contributed by atoms with Gasteiger partial charge in [-0.15, -0.1) is 10.2 Å². The van der Waals surface area contributed by atoms with E-state index in [1.54, 1.807) is 17.0 Å². The molecule has 1 atom stereocenters. The Hall–Kier alpha value is -2.87. The van der Waals surface area contributed by atoms with Crippen LogP contribution in [-0.4, -0.2) is 32.6 Å². The lowest BCUT2D eigenvalue weighted by Gasteiger charge is -2.21. The van der Waals surface area contributed by atoms with Gasteiger partial charge in [-0.2, -0.15) is 0 Å². The molecular formula is C19H18FN5OS. The number of nitrogen functional groups attached to an aromatic ring is 1. The molecule has 0 aliphatic carbocycles. The van der Waals surface area contributed by atoms with Crippen LogP contribution in [0.1, 0.15) is 12.5 Å². The normalized spacial score (nSPS) is 14.2. The van der Waals surface area contributed by atoms with Crippen LogP contribution < -0.4 is 10.7 Å². The molecule has 1 aliphatic rings. The number of hydrogen-bond donors (Lipinski definition) is 1. The van der Waals surface area contributed by atoms with Crippen molar-refractivity contribution < 1.29 is 9.18 Å². The zero-order chi connectivity index (χ0) is 19.0. The molecule has 0 fully saturated rings. The summed E-state index contributed by atoms with van der Waals surface area (Å²) >= 11 is 1.24. The molecule has 1 amide bonds. The molecule has 0 saturated heterocycles. The average Bonchev–Trinajstić information content (AvgIpc) is 3.25. The Bertz CT molecular complexity index is 1010. The highest BCUT2D eigenvalue weighted by Crippen LogP contribution is 2.31. The average molecular weight is 383 g/mol. The Labute approximate surface area is 160 Å². The third-order valence-electron chi connectivity index (χ3n) is 4.53. The van der Waals surface area contributed by atoms with Crippen LogP contribution in [0.4, 0.5) is 10.1 Å². The smallest absolute Gasteiger partial charge is 0.240 e. The first-order valence-electron chi connectivity index (χ1n) is 8.57. The van der Waals surface area contributed by atoms with E-state index in [2.05, 4.69) is 10.2 Å². The van der Waals surface area contributed by atoms with Crippen molar-refractivity contribution in [1.29, 1.82) is 0 Å². The van der Waals surface area contributed by atoms with Gasteiger partial charge in [0.25, 0.3) is 0 Å². The van der Waals surface area contributed by atoms with Gasteiger partial charge in [0.1, 0.15) is 5.82 Å². The molecule has 2 N–H and O–H groups in total. The van der Waals surface area contributed by atoms with Crippen molar-refractivity contribution in [2.45, 2.75) is 23.8 Å². The van der Waals surface area contributed by atoms with Crippen molar-refractivity contribution in [2.24, 2.45) is 0 Å². The minimum absolute atomic E-state index is 0.000237. The lowest BCUT2D eigenvalue weighted by Crippen LogP contribution is -2.35. The highest BCUT2D eigenvalue weighted by molar-refractivity contribution is 8.00. The number of benzene rings is 2. The molecular weight excluding hydrogens is 365 g/mol. The molecule has 1 aromatic heterocycles. The van der Waals surface area contributed by atoms with Gasteiger partial charge in [-0.3, -0.25) is 4.79 Å². The maximum absolute atomic E-state index is 13.4. The highest BCUT2D eigenvalue weighted by atomic mass is 32.2. The number of anilines is 1. The Morgan fingerprint density at radius 2 is 2.04 bits per heavy atom. The summed E-state index contributed by atoms with van der Waals surface area (Å²) < 4.78 is 14.7. The van der Waals surface area contributed by atoms with E-state index >= 15 is 0 Å². The molecule has 0 bridgehead atoms. The SMILES string of the molecule is C[C@H](Sc1nnc(-c2cccc(F)c2)n1N)C(=O)N1CCc2ccccc21. The molecule has 4 rings (SSSR count). The van der Waals surface area contributed by atoms with E-state index in [4.69, 9.17) is 5.84 Å². The number of aromatic nitrogens is 3. The maximum atomic E-state index is 13.4. The third kappa shape index (κ3) is 3.28. The summed E-state index contributed by atoms with van der Waals surface area (Å²) in [6.07, 6.45) is 0.857. The molecule has 3 aromatic rings. The zero-order valence-electron chi connectivity index (χ0n) is 14.7. The van der Waals surface area contributed by atoms with E-state index < -0.39 is 0 Å². The van der Waals surface area contributed by atoms with Gasteiger partial charge >= 0.3 is 0 Å². The number of carbonyl (C=O) groups is 1. The van der Waals surface area contributed by atoms with Crippen LogP contribution >= 0.6 is 11.8 Å². The van der Waals surface area contributed by atoms with Crippen molar-refractivity contribution in [2.75, 3.05) is 17.3 Å².